The molecule has 1 saturated heterocycles. The third kappa shape index (κ3) is 2.68. The third-order valence-corrected chi connectivity index (χ3v) is 2.47. The molecule has 0 saturated carbocycles. The van der Waals surface area contributed by atoms with Crippen LogP contribution in [-0.2, 0) is 4.74 Å². The lowest BCUT2D eigenvalue weighted by Gasteiger charge is -2.31. The van der Waals surface area contributed by atoms with E-state index in [-0.39, 0.29) is 12.8 Å². The van der Waals surface area contributed by atoms with Gasteiger partial charge in [-0.25, -0.2) is 0 Å². The highest BCUT2D eigenvalue weighted by Crippen LogP contribution is 2.17. The van der Waals surface area contributed by atoms with Gasteiger partial charge in [0, 0.05) is 12.1 Å². The Morgan fingerprint density at radius 2 is 1.87 bits per heavy atom. The standard InChI is InChI=1S/C11H15NO3/c13-9-6-11(15-7-10(9)14)12-8-4-2-1-3-5-8/h1-5,9-14H,6-7H2/t9-,10+,11?/m1/s1. The second-order valence-corrected chi connectivity index (χ2v) is 3.70. The highest BCUT2D eigenvalue weighted by atomic mass is 16.5. The normalized spacial score (nSPS) is 31.2. The van der Waals surface area contributed by atoms with Gasteiger partial charge in [0.25, 0.3) is 0 Å². The number of rotatable bonds is 2. The van der Waals surface area contributed by atoms with E-state index in [4.69, 9.17) is 4.74 Å². The molecule has 3 atom stereocenters. The van der Waals surface area contributed by atoms with Gasteiger partial charge in [0.15, 0.2) is 0 Å². The zero-order valence-electron chi connectivity index (χ0n) is 8.34. The predicted molar refractivity (Wildman–Crippen MR) is 56.4 cm³/mol. The number of nitrogens with one attached hydrogen (secondary N) is 1. The Balaban J connectivity index is 1.91. The van der Waals surface area contributed by atoms with Crippen molar-refractivity contribution in [2.75, 3.05) is 11.9 Å². The van der Waals surface area contributed by atoms with E-state index in [0.29, 0.717) is 6.42 Å². The smallest absolute Gasteiger partial charge is 0.130 e. The molecule has 2 rings (SSSR count). The molecule has 0 aliphatic carbocycles. The van der Waals surface area contributed by atoms with Crippen LogP contribution in [0.3, 0.4) is 0 Å². The predicted octanol–water partition coefficient (Wildman–Crippen LogP) is 0.567. The van der Waals surface area contributed by atoms with Gasteiger partial charge in [-0.15, -0.1) is 0 Å². The number of aliphatic hydroxyl groups is 2. The van der Waals surface area contributed by atoms with Crippen LogP contribution in [0.5, 0.6) is 0 Å². The first-order chi connectivity index (χ1) is 7.25. The SMILES string of the molecule is O[C@@H]1CC(Nc2ccccc2)OC[C@@H]1O. The second kappa shape index (κ2) is 4.61. The maximum absolute atomic E-state index is 9.46. The summed E-state index contributed by atoms with van der Waals surface area (Å²) < 4.78 is 5.34. The van der Waals surface area contributed by atoms with Crippen molar-refractivity contribution in [3.8, 4) is 0 Å². The van der Waals surface area contributed by atoms with E-state index < -0.39 is 12.2 Å². The van der Waals surface area contributed by atoms with E-state index in [1.165, 1.54) is 0 Å². The minimum atomic E-state index is -0.765. The number of benzene rings is 1. The Hall–Kier alpha value is -1.10. The summed E-state index contributed by atoms with van der Waals surface area (Å²) in [4.78, 5) is 0. The number of hydrogen-bond acceptors (Lipinski definition) is 4. The Bertz CT molecular complexity index is 304. The number of anilines is 1. The molecule has 82 valence electrons. The maximum Gasteiger partial charge on any atom is 0.130 e. The van der Waals surface area contributed by atoms with Crippen molar-refractivity contribution < 1.29 is 14.9 Å². The van der Waals surface area contributed by atoms with E-state index in [9.17, 15) is 10.2 Å². The first-order valence-electron chi connectivity index (χ1n) is 5.05. The lowest BCUT2D eigenvalue weighted by Crippen LogP contribution is -2.44. The van der Waals surface area contributed by atoms with Crippen LogP contribution < -0.4 is 5.32 Å². The summed E-state index contributed by atoms with van der Waals surface area (Å²) in [7, 11) is 0. The Morgan fingerprint density at radius 3 is 2.53 bits per heavy atom. The van der Waals surface area contributed by atoms with E-state index in [2.05, 4.69) is 5.32 Å². The van der Waals surface area contributed by atoms with Crippen molar-refractivity contribution in [1.82, 2.24) is 0 Å². The topological polar surface area (TPSA) is 61.7 Å². The van der Waals surface area contributed by atoms with Crippen molar-refractivity contribution in [3.63, 3.8) is 0 Å². The molecule has 0 spiro atoms. The summed E-state index contributed by atoms with van der Waals surface area (Å²) in [6.45, 7) is 0.172. The van der Waals surface area contributed by atoms with Gasteiger partial charge in [0.2, 0.25) is 0 Å². The van der Waals surface area contributed by atoms with E-state index in [1.54, 1.807) is 0 Å². The average Bonchev–Trinajstić information content (AvgIpc) is 2.25. The third-order valence-electron chi connectivity index (χ3n) is 2.47. The van der Waals surface area contributed by atoms with Crippen molar-refractivity contribution in [2.45, 2.75) is 24.9 Å². The molecule has 1 aromatic rings. The quantitative estimate of drug-likeness (QED) is 0.666. The van der Waals surface area contributed by atoms with Crippen LogP contribution in [0, 0.1) is 0 Å². The van der Waals surface area contributed by atoms with Crippen LogP contribution in [0.2, 0.25) is 0 Å². The lowest BCUT2D eigenvalue weighted by atomic mass is 10.1. The van der Waals surface area contributed by atoms with Gasteiger partial charge in [-0.2, -0.15) is 0 Å². The Kier molecular flexibility index (Phi) is 3.20. The molecule has 1 aromatic carbocycles. The molecular formula is C11H15NO3. The summed E-state index contributed by atoms with van der Waals surface area (Å²) >= 11 is 0. The van der Waals surface area contributed by atoms with Crippen LogP contribution in [0.15, 0.2) is 30.3 Å². The van der Waals surface area contributed by atoms with Crippen molar-refractivity contribution in [2.24, 2.45) is 0 Å². The highest BCUT2D eigenvalue weighted by Gasteiger charge is 2.27. The van der Waals surface area contributed by atoms with E-state index in [0.717, 1.165) is 5.69 Å². The zero-order chi connectivity index (χ0) is 10.7. The molecule has 0 aromatic heterocycles. The molecule has 0 bridgehead atoms. The highest BCUT2D eigenvalue weighted by molar-refractivity contribution is 5.42. The minimum Gasteiger partial charge on any atom is -0.390 e. The van der Waals surface area contributed by atoms with Gasteiger partial charge in [-0.3, -0.25) is 0 Å². The van der Waals surface area contributed by atoms with Crippen LogP contribution in [0.25, 0.3) is 0 Å². The van der Waals surface area contributed by atoms with Gasteiger partial charge >= 0.3 is 0 Å². The zero-order valence-corrected chi connectivity index (χ0v) is 8.34. The van der Waals surface area contributed by atoms with Crippen LogP contribution in [0.1, 0.15) is 6.42 Å². The summed E-state index contributed by atoms with van der Waals surface area (Å²) in [6, 6.07) is 9.65. The first kappa shape index (κ1) is 10.4. The number of para-hydroxylation sites is 1. The van der Waals surface area contributed by atoms with Crippen LogP contribution >= 0.6 is 0 Å². The Morgan fingerprint density at radius 1 is 1.13 bits per heavy atom. The molecule has 4 nitrogen and oxygen atoms in total. The first-order valence-corrected chi connectivity index (χ1v) is 5.05. The fourth-order valence-electron chi connectivity index (χ4n) is 1.59. The van der Waals surface area contributed by atoms with Gasteiger partial charge in [-0.1, -0.05) is 18.2 Å². The average molecular weight is 209 g/mol. The van der Waals surface area contributed by atoms with E-state index in [1.807, 2.05) is 30.3 Å². The fraction of sp³-hybridized carbons (Fsp3) is 0.455. The molecule has 1 fully saturated rings. The molecule has 3 N–H and O–H groups in total. The summed E-state index contributed by atoms with van der Waals surface area (Å²) in [6.07, 6.45) is -1.31. The number of hydrogen-bond donors (Lipinski definition) is 3. The molecule has 1 aliphatic rings. The molecule has 0 amide bonds. The molecule has 0 radical (unpaired) electrons. The largest absolute Gasteiger partial charge is 0.390 e. The van der Waals surface area contributed by atoms with Crippen LogP contribution in [0.4, 0.5) is 5.69 Å². The second-order valence-electron chi connectivity index (χ2n) is 3.70. The summed E-state index contributed by atoms with van der Waals surface area (Å²) in [5.74, 6) is 0. The van der Waals surface area contributed by atoms with Crippen molar-refractivity contribution in [3.05, 3.63) is 30.3 Å². The number of ether oxygens (including phenoxy) is 1. The van der Waals surface area contributed by atoms with Gasteiger partial charge in [0.1, 0.15) is 12.3 Å². The molecular weight excluding hydrogens is 194 g/mol. The van der Waals surface area contributed by atoms with Crippen molar-refractivity contribution in [1.29, 1.82) is 0 Å². The molecule has 15 heavy (non-hydrogen) atoms. The minimum absolute atomic E-state index is 0.172. The van der Waals surface area contributed by atoms with Gasteiger partial charge in [-0.05, 0) is 12.1 Å². The van der Waals surface area contributed by atoms with Gasteiger partial charge in [0.05, 0.1) is 12.7 Å². The van der Waals surface area contributed by atoms with Crippen molar-refractivity contribution >= 4 is 5.69 Å². The summed E-state index contributed by atoms with van der Waals surface area (Å²) in [5.41, 5.74) is 0.950. The maximum atomic E-state index is 9.46. The van der Waals surface area contributed by atoms with Crippen LogP contribution in [-0.4, -0.2) is 35.3 Å². The molecule has 1 aliphatic heterocycles. The summed E-state index contributed by atoms with van der Waals surface area (Å²) in [5, 5.41) is 21.9. The van der Waals surface area contributed by atoms with Gasteiger partial charge < -0.3 is 20.3 Å². The molecule has 1 heterocycles. The molecule has 1 unspecified atom stereocenters. The van der Waals surface area contributed by atoms with E-state index >= 15 is 0 Å². The fourth-order valence-corrected chi connectivity index (χ4v) is 1.59. The monoisotopic (exact) mass is 209 g/mol. The molecule has 4 heteroatoms. The number of aliphatic hydroxyl groups excluding tert-OH is 2. The lowest BCUT2D eigenvalue weighted by molar-refractivity contribution is -0.112. The Labute approximate surface area is 88.5 Å².